The number of benzene rings is 1. The highest BCUT2D eigenvalue weighted by molar-refractivity contribution is 6.10. The number of nitrogens with zero attached hydrogens (tertiary/aromatic N) is 2. The third-order valence-electron chi connectivity index (χ3n) is 7.33. The molecule has 3 aliphatic rings. The first-order valence-corrected chi connectivity index (χ1v) is 11.2. The molecule has 0 radical (unpaired) electrons. The van der Waals surface area contributed by atoms with Crippen LogP contribution in [0.3, 0.4) is 0 Å². The summed E-state index contributed by atoms with van der Waals surface area (Å²) in [7, 11) is 0. The molecule has 3 fully saturated rings. The summed E-state index contributed by atoms with van der Waals surface area (Å²) < 4.78 is 5.44. The van der Waals surface area contributed by atoms with Crippen molar-refractivity contribution in [3.8, 4) is 0 Å². The van der Waals surface area contributed by atoms with Gasteiger partial charge in [-0.05, 0) is 55.7 Å². The van der Waals surface area contributed by atoms with Crippen molar-refractivity contribution in [1.29, 1.82) is 0 Å². The number of piperidine rings is 1. The van der Waals surface area contributed by atoms with Crippen LogP contribution in [0.4, 0.5) is 0 Å². The minimum atomic E-state index is -0.572. The van der Waals surface area contributed by atoms with Crippen LogP contribution in [-0.2, 0) is 14.3 Å². The van der Waals surface area contributed by atoms with Gasteiger partial charge in [-0.3, -0.25) is 9.59 Å². The van der Waals surface area contributed by atoms with Crippen LogP contribution in [-0.4, -0.2) is 60.8 Å². The van der Waals surface area contributed by atoms with E-state index in [-0.39, 0.29) is 17.0 Å². The van der Waals surface area contributed by atoms with Crippen LogP contribution in [0.15, 0.2) is 24.5 Å². The molecule has 0 aromatic heterocycles. The molecular weight excluding hydrogens is 376 g/mol. The largest absolute Gasteiger partial charge is 0.378 e. The first kappa shape index (κ1) is 21.1. The Morgan fingerprint density at radius 3 is 1.97 bits per heavy atom. The topological polar surface area (TPSA) is 49.9 Å². The van der Waals surface area contributed by atoms with Crippen molar-refractivity contribution in [2.75, 3.05) is 39.4 Å². The molecule has 5 heteroatoms. The van der Waals surface area contributed by atoms with Gasteiger partial charge in [0.25, 0.3) is 0 Å². The summed E-state index contributed by atoms with van der Waals surface area (Å²) in [5.41, 5.74) is 4.08. The summed E-state index contributed by atoms with van der Waals surface area (Å²) in [4.78, 5) is 31.1. The average molecular weight is 411 g/mol. The fourth-order valence-electron chi connectivity index (χ4n) is 5.77. The van der Waals surface area contributed by atoms with Gasteiger partial charge in [-0.25, -0.2) is 0 Å². The van der Waals surface area contributed by atoms with Crippen LogP contribution >= 0.6 is 0 Å². The monoisotopic (exact) mass is 410 g/mol. The van der Waals surface area contributed by atoms with Crippen molar-refractivity contribution in [3.63, 3.8) is 0 Å². The predicted molar refractivity (Wildman–Crippen MR) is 117 cm³/mol. The van der Waals surface area contributed by atoms with Crippen LogP contribution in [0.25, 0.3) is 0 Å². The molecule has 1 aromatic carbocycles. The maximum Gasteiger partial charge on any atom is 0.148 e. The molecular formula is C25H34N2O3. The molecule has 1 aromatic rings. The molecule has 0 amide bonds. The Morgan fingerprint density at radius 2 is 1.43 bits per heavy atom. The second-order valence-electron chi connectivity index (χ2n) is 9.53. The maximum atomic E-state index is 13.3. The second-order valence-corrected chi connectivity index (χ2v) is 9.53. The lowest BCUT2D eigenvalue weighted by molar-refractivity contribution is -0.138. The molecule has 1 spiro atoms. The first-order valence-electron chi connectivity index (χ1n) is 11.2. The number of hydrogen-bond acceptors (Lipinski definition) is 5. The van der Waals surface area contributed by atoms with Gasteiger partial charge in [0.1, 0.15) is 17.5 Å². The van der Waals surface area contributed by atoms with Crippen molar-refractivity contribution in [3.05, 3.63) is 46.8 Å². The Balaban J connectivity index is 1.45. The fourth-order valence-corrected chi connectivity index (χ4v) is 5.77. The summed E-state index contributed by atoms with van der Waals surface area (Å²) in [5.74, 6) is 0.714. The third-order valence-corrected chi connectivity index (χ3v) is 7.33. The number of morpholine rings is 1. The molecule has 2 aliphatic heterocycles. The minimum Gasteiger partial charge on any atom is -0.378 e. The number of ketones is 2. The van der Waals surface area contributed by atoms with Gasteiger partial charge in [0.05, 0.1) is 19.0 Å². The molecule has 0 N–H and O–H groups in total. The molecule has 5 nitrogen and oxygen atoms in total. The van der Waals surface area contributed by atoms with E-state index in [1.54, 1.807) is 0 Å². The van der Waals surface area contributed by atoms with Crippen LogP contribution in [0, 0.1) is 26.2 Å². The Bertz CT molecular complexity index is 818. The third kappa shape index (κ3) is 3.92. The summed E-state index contributed by atoms with van der Waals surface area (Å²) in [6, 6.07) is 4.17. The highest BCUT2D eigenvalue weighted by Gasteiger charge is 2.47. The van der Waals surface area contributed by atoms with E-state index in [1.807, 2.05) is 13.8 Å². The lowest BCUT2D eigenvalue weighted by Gasteiger charge is -2.47. The average Bonchev–Trinajstić information content (AvgIpc) is 2.70. The van der Waals surface area contributed by atoms with Crippen molar-refractivity contribution >= 4 is 11.6 Å². The van der Waals surface area contributed by atoms with E-state index in [4.69, 9.17) is 4.74 Å². The van der Waals surface area contributed by atoms with Crippen molar-refractivity contribution in [2.24, 2.45) is 5.41 Å². The molecule has 2 heterocycles. The Hall–Kier alpha value is -2.14. The number of ether oxygens (including phenoxy) is 1. The summed E-state index contributed by atoms with van der Waals surface area (Å²) in [6.07, 6.45) is 2.81. The highest BCUT2D eigenvalue weighted by atomic mass is 16.5. The second kappa shape index (κ2) is 8.18. The number of carbonyl (C=O) groups excluding carboxylic acids is 2. The van der Waals surface area contributed by atoms with E-state index in [1.165, 1.54) is 5.56 Å². The zero-order valence-corrected chi connectivity index (χ0v) is 18.6. The predicted octanol–water partition coefficient (Wildman–Crippen LogP) is 3.51. The van der Waals surface area contributed by atoms with Crippen molar-refractivity contribution in [2.45, 2.75) is 52.4 Å². The van der Waals surface area contributed by atoms with Gasteiger partial charge >= 0.3 is 0 Å². The summed E-state index contributed by atoms with van der Waals surface area (Å²) in [5, 5.41) is 0. The van der Waals surface area contributed by atoms with E-state index in [9.17, 15) is 9.59 Å². The summed E-state index contributed by atoms with van der Waals surface area (Å²) in [6.45, 7) is 15.4. The maximum absolute atomic E-state index is 13.3. The standard InChI is InChI=1S/C25H34N2O3/c1-17-13-18(2)23(19(3)14-17)24-21(28)15-25(16-22(24)29)5-7-26(8-6-25)20(4)27-9-11-30-12-10-27/h13-14,24H,4-12,15-16H2,1-3H3. The molecule has 0 bridgehead atoms. The number of Topliss-reactive ketones (excluding diaryl/α,β-unsaturated/α-hetero) is 2. The van der Waals surface area contributed by atoms with Gasteiger partial charge < -0.3 is 14.5 Å². The molecule has 1 saturated carbocycles. The van der Waals surface area contributed by atoms with E-state index in [0.717, 1.165) is 74.7 Å². The number of rotatable bonds is 3. The van der Waals surface area contributed by atoms with Gasteiger partial charge in [-0.15, -0.1) is 0 Å². The van der Waals surface area contributed by atoms with Crippen LogP contribution in [0.1, 0.15) is 53.9 Å². The fraction of sp³-hybridized carbons (Fsp3) is 0.600. The zero-order chi connectivity index (χ0) is 21.5. The lowest BCUT2D eigenvalue weighted by atomic mass is 9.62. The number of hydrogen-bond donors (Lipinski definition) is 0. The molecule has 2 saturated heterocycles. The smallest absolute Gasteiger partial charge is 0.148 e. The van der Waals surface area contributed by atoms with Crippen LogP contribution in [0.2, 0.25) is 0 Å². The zero-order valence-electron chi connectivity index (χ0n) is 18.6. The number of likely N-dealkylation sites (tertiary alicyclic amines) is 1. The van der Waals surface area contributed by atoms with Crippen molar-refractivity contribution < 1.29 is 14.3 Å². The molecule has 0 atom stereocenters. The molecule has 4 rings (SSSR count). The van der Waals surface area contributed by atoms with E-state index in [2.05, 4.69) is 35.4 Å². The quantitative estimate of drug-likeness (QED) is 0.714. The van der Waals surface area contributed by atoms with Gasteiger partial charge in [0, 0.05) is 39.0 Å². The van der Waals surface area contributed by atoms with Gasteiger partial charge in [0.2, 0.25) is 0 Å². The molecule has 30 heavy (non-hydrogen) atoms. The minimum absolute atomic E-state index is 0.113. The first-order chi connectivity index (χ1) is 14.3. The SMILES string of the molecule is C=C(N1CCOCC1)N1CCC2(CC1)CC(=O)C(c1c(C)cc(C)cc1C)C(=O)C2. The Kier molecular flexibility index (Phi) is 5.75. The molecule has 1 aliphatic carbocycles. The highest BCUT2D eigenvalue weighted by Crippen LogP contribution is 2.47. The Morgan fingerprint density at radius 1 is 0.933 bits per heavy atom. The van der Waals surface area contributed by atoms with E-state index in [0.29, 0.717) is 12.8 Å². The number of aryl methyl sites for hydroxylation is 3. The van der Waals surface area contributed by atoms with E-state index < -0.39 is 5.92 Å². The normalized spacial score (nSPS) is 22.6. The van der Waals surface area contributed by atoms with Crippen LogP contribution in [0.5, 0.6) is 0 Å². The molecule has 162 valence electrons. The number of carbonyl (C=O) groups is 2. The van der Waals surface area contributed by atoms with Crippen molar-refractivity contribution in [1.82, 2.24) is 9.80 Å². The molecule has 0 unspecified atom stereocenters. The lowest BCUT2D eigenvalue weighted by Crippen LogP contribution is -2.49. The van der Waals surface area contributed by atoms with Gasteiger partial charge in [-0.1, -0.05) is 24.3 Å². The summed E-state index contributed by atoms with van der Waals surface area (Å²) >= 11 is 0. The Labute approximate surface area is 180 Å². The van der Waals surface area contributed by atoms with Gasteiger partial charge in [-0.2, -0.15) is 0 Å². The van der Waals surface area contributed by atoms with Gasteiger partial charge in [0.15, 0.2) is 0 Å². The van der Waals surface area contributed by atoms with E-state index >= 15 is 0 Å². The van der Waals surface area contributed by atoms with Crippen LogP contribution < -0.4 is 0 Å².